The van der Waals surface area contributed by atoms with Gasteiger partial charge in [0.05, 0.1) is 17.6 Å². The molecule has 0 bridgehead atoms. The molecule has 21 heavy (non-hydrogen) atoms. The van der Waals surface area contributed by atoms with Gasteiger partial charge in [0.1, 0.15) is 5.75 Å². The van der Waals surface area contributed by atoms with Crippen LogP contribution in [0.3, 0.4) is 0 Å². The zero-order valence-corrected chi connectivity index (χ0v) is 13.6. The van der Waals surface area contributed by atoms with Gasteiger partial charge < -0.3 is 10.1 Å². The highest BCUT2D eigenvalue weighted by Gasteiger charge is 2.20. The van der Waals surface area contributed by atoms with Crippen LogP contribution in [0.5, 0.6) is 5.75 Å². The van der Waals surface area contributed by atoms with E-state index in [1.54, 1.807) is 0 Å². The van der Waals surface area contributed by atoms with Crippen LogP contribution in [0.4, 0.5) is 0 Å². The molecule has 1 aromatic rings. The fourth-order valence-corrected chi connectivity index (χ4v) is 2.12. The number of methoxy groups -OCH3 is 1. The van der Waals surface area contributed by atoms with Crippen LogP contribution in [0.15, 0.2) is 23.1 Å². The van der Waals surface area contributed by atoms with E-state index in [2.05, 4.69) is 5.32 Å². The quantitative estimate of drug-likeness (QED) is 0.831. The molecule has 0 aliphatic carbocycles. The molecule has 3 N–H and O–H groups in total. The zero-order valence-electron chi connectivity index (χ0n) is 12.8. The second-order valence-electron chi connectivity index (χ2n) is 5.61. The van der Waals surface area contributed by atoms with Crippen LogP contribution >= 0.6 is 0 Å². The van der Waals surface area contributed by atoms with Gasteiger partial charge in [-0.3, -0.25) is 4.79 Å². The molecule has 0 spiro atoms. The largest absolute Gasteiger partial charge is 0.496 e. The van der Waals surface area contributed by atoms with E-state index in [4.69, 9.17) is 9.88 Å². The van der Waals surface area contributed by atoms with Gasteiger partial charge in [-0.25, -0.2) is 13.6 Å². The number of nitrogens with two attached hydrogens (primary N) is 1. The van der Waals surface area contributed by atoms with Crippen molar-refractivity contribution in [1.29, 1.82) is 0 Å². The summed E-state index contributed by atoms with van der Waals surface area (Å²) in [5.74, 6) is -0.0897. The molecule has 0 aliphatic rings. The number of benzene rings is 1. The van der Waals surface area contributed by atoms with Crippen LogP contribution in [0.1, 0.15) is 37.6 Å². The summed E-state index contributed by atoms with van der Waals surface area (Å²) in [5.41, 5.74) is 0.108. The number of carbonyl (C=O) groups is 1. The number of rotatable bonds is 6. The predicted octanol–water partition coefficient (Wildman–Crippen LogP) is 1.51. The van der Waals surface area contributed by atoms with Crippen molar-refractivity contribution in [2.75, 3.05) is 13.7 Å². The first kappa shape index (κ1) is 17.5. The number of amides is 1. The molecule has 1 amide bonds. The molecule has 118 valence electrons. The minimum absolute atomic E-state index is 0.0412. The summed E-state index contributed by atoms with van der Waals surface area (Å²) in [5, 5.41) is 7.87. The van der Waals surface area contributed by atoms with Crippen molar-refractivity contribution < 1.29 is 17.9 Å². The summed E-state index contributed by atoms with van der Waals surface area (Å²) < 4.78 is 27.8. The standard InChI is InChI=1S/C14H22N2O4S/c1-5-14(2,3)9-16-13(17)11-8-10(21(15,18)19)6-7-12(11)20-4/h6-8H,5,9H2,1-4H3,(H,16,17)(H2,15,18,19). The molecular weight excluding hydrogens is 292 g/mol. The maximum Gasteiger partial charge on any atom is 0.255 e. The van der Waals surface area contributed by atoms with Crippen molar-refractivity contribution in [3.63, 3.8) is 0 Å². The molecule has 0 atom stereocenters. The first-order valence-corrected chi connectivity index (χ1v) is 8.14. The third kappa shape index (κ3) is 4.71. The molecule has 7 heteroatoms. The molecule has 1 aromatic carbocycles. The Hall–Kier alpha value is -1.60. The normalized spacial score (nSPS) is 12.0. The van der Waals surface area contributed by atoms with Gasteiger partial charge in [0.15, 0.2) is 0 Å². The Bertz CT molecular complexity index is 624. The van der Waals surface area contributed by atoms with Gasteiger partial charge in [-0.1, -0.05) is 20.8 Å². The first-order chi connectivity index (χ1) is 9.60. The summed E-state index contributed by atoms with van der Waals surface area (Å²) in [6.07, 6.45) is 0.904. The number of sulfonamides is 1. The minimum atomic E-state index is -3.87. The maximum absolute atomic E-state index is 12.2. The van der Waals surface area contributed by atoms with Gasteiger partial charge in [0, 0.05) is 6.54 Å². The summed E-state index contributed by atoms with van der Waals surface area (Å²) in [7, 11) is -2.45. The lowest BCUT2D eigenvalue weighted by molar-refractivity contribution is 0.0932. The SMILES string of the molecule is CCC(C)(C)CNC(=O)c1cc(S(N)(=O)=O)ccc1OC. The van der Waals surface area contributed by atoms with Crippen LogP contribution in [0.25, 0.3) is 0 Å². The second kappa shape index (κ2) is 6.44. The molecule has 0 heterocycles. The van der Waals surface area contributed by atoms with E-state index >= 15 is 0 Å². The van der Waals surface area contributed by atoms with E-state index in [0.717, 1.165) is 6.42 Å². The Kier molecular flexibility index (Phi) is 5.36. The van der Waals surface area contributed by atoms with Crippen LogP contribution in [-0.4, -0.2) is 28.0 Å². The van der Waals surface area contributed by atoms with Crippen molar-refractivity contribution in [2.45, 2.75) is 32.1 Å². The summed E-state index contributed by atoms with van der Waals surface area (Å²) >= 11 is 0. The Morgan fingerprint density at radius 3 is 2.48 bits per heavy atom. The Morgan fingerprint density at radius 1 is 1.38 bits per heavy atom. The lowest BCUT2D eigenvalue weighted by atomic mass is 9.90. The molecule has 0 aliphatic heterocycles. The second-order valence-corrected chi connectivity index (χ2v) is 7.17. The number of carbonyl (C=O) groups excluding carboxylic acids is 1. The van der Waals surface area contributed by atoms with Crippen molar-refractivity contribution in [3.8, 4) is 5.75 Å². The monoisotopic (exact) mass is 314 g/mol. The molecule has 1 rings (SSSR count). The average molecular weight is 314 g/mol. The summed E-state index contributed by atoms with van der Waals surface area (Å²) in [6.45, 7) is 6.58. The number of primary sulfonamides is 1. The van der Waals surface area contributed by atoms with Crippen molar-refractivity contribution in [3.05, 3.63) is 23.8 Å². The van der Waals surface area contributed by atoms with Gasteiger partial charge in [-0.05, 0) is 30.0 Å². The highest BCUT2D eigenvalue weighted by Crippen LogP contribution is 2.23. The van der Waals surface area contributed by atoms with Gasteiger partial charge >= 0.3 is 0 Å². The van der Waals surface area contributed by atoms with Crippen molar-refractivity contribution in [1.82, 2.24) is 5.32 Å². The van der Waals surface area contributed by atoms with Crippen molar-refractivity contribution >= 4 is 15.9 Å². The number of hydrogen-bond donors (Lipinski definition) is 2. The fraction of sp³-hybridized carbons (Fsp3) is 0.500. The van der Waals surface area contributed by atoms with Gasteiger partial charge in [-0.2, -0.15) is 0 Å². The highest BCUT2D eigenvalue weighted by atomic mass is 32.2. The molecule has 6 nitrogen and oxygen atoms in total. The Labute approximate surface area is 125 Å². The summed E-state index contributed by atoms with van der Waals surface area (Å²) in [6, 6.07) is 3.95. The van der Waals surface area contributed by atoms with Crippen LogP contribution in [-0.2, 0) is 10.0 Å². The molecular formula is C14H22N2O4S. The number of nitrogens with one attached hydrogen (secondary N) is 1. The Balaban J connectivity index is 3.07. The van der Waals surface area contributed by atoms with Crippen LogP contribution < -0.4 is 15.2 Å². The molecule has 0 fully saturated rings. The van der Waals surface area contributed by atoms with Gasteiger partial charge in [0.2, 0.25) is 10.0 Å². The van der Waals surface area contributed by atoms with E-state index in [-0.39, 0.29) is 21.8 Å². The topological polar surface area (TPSA) is 98.5 Å². The lowest BCUT2D eigenvalue weighted by Gasteiger charge is -2.23. The first-order valence-electron chi connectivity index (χ1n) is 6.60. The average Bonchev–Trinajstić information content (AvgIpc) is 2.43. The van der Waals surface area contributed by atoms with Gasteiger partial charge in [-0.15, -0.1) is 0 Å². The van der Waals surface area contributed by atoms with E-state index in [1.165, 1.54) is 25.3 Å². The maximum atomic E-state index is 12.2. The lowest BCUT2D eigenvalue weighted by Crippen LogP contribution is -2.34. The van der Waals surface area contributed by atoms with Crippen LogP contribution in [0, 0.1) is 5.41 Å². The molecule has 0 radical (unpaired) electrons. The van der Waals surface area contributed by atoms with E-state index in [0.29, 0.717) is 12.3 Å². The van der Waals surface area contributed by atoms with Crippen LogP contribution in [0.2, 0.25) is 0 Å². The van der Waals surface area contributed by atoms with E-state index in [9.17, 15) is 13.2 Å². The number of ether oxygens (including phenoxy) is 1. The fourth-order valence-electron chi connectivity index (χ4n) is 1.58. The summed E-state index contributed by atoms with van der Waals surface area (Å²) in [4.78, 5) is 12.1. The van der Waals surface area contributed by atoms with E-state index in [1.807, 2.05) is 20.8 Å². The van der Waals surface area contributed by atoms with Gasteiger partial charge in [0.25, 0.3) is 5.91 Å². The van der Waals surface area contributed by atoms with E-state index < -0.39 is 10.0 Å². The van der Waals surface area contributed by atoms with Crippen molar-refractivity contribution in [2.24, 2.45) is 10.6 Å². The molecule has 0 aromatic heterocycles. The Morgan fingerprint density at radius 2 is 2.00 bits per heavy atom. The minimum Gasteiger partial charge on any atom is -0.496 e. The smallest absolute Gasteiger partial charge is 0.255 e. The molecule has 0 saturated carbocycles. The third-order valence-corrected chi connectivity index (χ3v) is 4.34. The predicted molar refractivity (Wildman–Crippen MR) is 80.8 cm³/mol. The number of hydrogen-bond acceptors (Lipinski definition) is 4. The highest BCUT2D eigenvalue weighted by molar-refractivity contribution is 7.89. The molecule has 0 unspecified atom stereocenters. The molecule has 0 saturated heterocycles. The third-order valence-electron chi connectivity index (χ3n) is 3.43. The zero-order chi connectivity index (χ0) is 16.3.